The molecule has 6 heteroatoms. The summed E-state index contributed by atoms with van der Waals surface area (Å²) in [6, 6.07) is 19.3. The molecule has 2 aromatic heterocycles. The van der Waals surface area contributed by atoms with Crippen LogP contribution in [0.5, 0.6) is 0 Å². The minimum absolute atomic E-state index is 0.105. The minimum Gasteiger partial charge on any atom is -0.371 e. The summed E-state index contributed by atoms with van der Waals surface area (Å²) in [6.07, 6.45) is 4.78. The summed E-state index contributed by atoms with van der Waals surface area (Å²) < 4.78 is 15.1. The Bertz CT molecular complexity index is 1320. The number of anilines is 1. The molecule has 0 bridgehead atoms. The number of aromatic nitrogens is 2. The first-order valence-corrected chi connectivity index (χ1v) is 12.4. The van der Waals surface area contributed by atoms with Crippen molar-refractivity contribution >= 4 is 17.2 Å². The molecule has 0 atom stereocenters. The quantitative estimate of drug-likeness (QED) is 0.396. The highest BCUT2D eigenvalue weighted by atomic mass is 19.1. The van der Waals surface area contributed by atoms with Crippen LogP contribution in [0.25, 0.3) is 5.65 Å². The van der Waals surface area contributed by atoms with Crippen molar-refractivity contribution in [3.8, 4) is 0 Å². The summed E-state index contributed by atoms with van der Waals surface area (Å²) in [4.78, 5) is 20.1. The number of carbonyl (C=O) groups is 1. The molecule has 1 saturated heterocycles. The molecular weight excluding hydrogens is 439 g/mol. The Morgan fingerprint density at radius 3 is 2.43 bits per heavy atom. The van der Waals surface area contributed by atoms with Gasteiger partial charge in [0.15, 0.2) is 0 Å². The molecule has 5 nitrogen and oxygen atoms in total. The Balaban J connectivity index is 1.20. The summed E-state index contributed by atoms with van der Waals surface area (Å²) in [6.45, 7) is 6.46. The van der Waals surface area contributed by atoms with Gasteiger partial charge in [0.1, 0.15) is 17.2 Å². The Kier molecular flexibility index (Phi) is 6.53. The van der Waals surface area contributed by atoms with Crippen LogP contribution in [0, 0.1) is 12.7 Å². The number of halogens is 1. The molecule has 0 unspecified atom stereocenters. The van der Waals surface area contributed by atoms with E-state index in [1.54, 1.807) is 12.1 Å². The number of amides is 1. The van der Waals surface area contributed by atoms with Crippen LogP contribution >= 0.6 is 0 Å². The molecule has 1 amide bonds. The summed E-state index contributed by atoms with van der Waals surface area (Å²) in [5.74, 6) is 0.201. The van der Waals surface area contributed by atoms with E-state index >= 15 is 0 Å². The zero-order valence-corrected chi connectivity index (χ0v) is 20.3. The van der Waals surface area contributed by atoms with Gasteiger partial charge in [0.05, 0.1) is 5.69 Å². The molecular formula is C29H31FN4O. The van der Waals surface area contributed by atoms with Crippen molar-refractivity contribution in [3.05, 3.63) is 101 Å². The lowest BCUT2D eigenvalue weighted by Crippen LogP contribution is -2.32. The van der Waals surface area contributed by atoms with Crippen LogP contribution < -0.4 is 10.2 Å². The lowest BCUT2D eigenvalue weighted by molar-refractivity contribution is 0.0944. The Labute approximate surface area is 205 Å². The van der Waals surface area contributed by atoms with Crippen LogP contribution in [0.3, 0.4) is 0 Å². The van der Waals surface area contributed by atoms with E-state index in [0.717, 1.165) is 48.4 Å². The van der Waals surface area contributed by atoms with Crippen LogP contribution in [-0.2, 0) is 13.0 Å². The third-order valence-corrected chi connectivity index (χ3v) is 6.98. The van der Waals surface area contributed by atoms with Gasteiger partial charge in [-0.25, -0.2) is 9.37 Å². The summed E-state index contributed by atoms with van der Waals surface area (Å²) in [5.41, 5.74) is 6.80. The predicted molar refractivity (Wildman–Crippen MR) is 138 cm³/mol. The summed E-state index contributed by atoms with van der Waals surface area (Å²) >= 11 is 0. The highest BCUT2D eigenvalue weighted by molar-refractivity contribution is 5.94. The molecule has 180 valence electrons. The normalized spacial score (nSPS) is 14.4. The highest BCUT2D eigenvalue weighted by Crippen LogP contribution is 2.30. The first-order chi connectivity index (χ1) is 17.0. The number of piperidine rings is 1. The van der Waals surface area contributed by atoms with Crippen LogP contribution in [0.4, 0.5) is 10.1 Å². The third kappa shape index (κ3) is 4.92. The van der Waals surface area contributed by atoms with E-state index < -0.39 is 0 Å². The van der Waals surface area contributed by atoms with E-state index in [2.05, 4.69) is 39.5 Å². The monoisotopic (exact) mass is 470 g/mol. The fraction of sp³-hybridized carbons (Fsp3) is 0.310. The van der Waals surface area contributed by atoms with Gasteiger partial charge in [-0.2, -0.15) is 0 Å². The number of carbonyl (C=O) groups excluding carboxylic acids is 1. The number of hydrogen-bond donors (Lipinski definition) is 1. The smallest absolute Gasteiger partial charge is 0.270 e. The molecule has 0 spiro atoms. The minimum atomic E-state index is -0.179. The average molecular weight is 471 g/mol. The van der Waals surface area contributed by atoms with E-state index in [1.807, 2.05) is 48.7 Å². The maximum Gasteiger partial charge on any atom is 0.270 e. The number of hydrogen-bond acceptors (Lipinski definition) is 3. The fourth-order valence-corrected chi connectivity index (χ4v) is 4.98. The standard InChI is InChI=1S/C29H31FN4O/c1-3-26-28(34-19-20(2)4-13-27(34)32-26)29(35)31-18-21-5-11-25(12-6-21)33-16-14-23(15-17-33)22-7-9-24(30)10-8-22/h4-13,19,23H,3,14-18H2,1-2H3,(H,31,35). The number of fused-ring (bicyclic) bond motifs is 1. The lowest BCUT2D eigenvalue weighted by Gasteiger charge is -2.34. The molecule has 35 heavy (non-hydrogen) atoms. The molecule has 0 saturated carbocycles. The maximum atomic E-state index is 13.2. The predicted octanol–water partition coefficient (Wildman–Crippen LogP) is 5.66. The van der Waals surface area contributed by atoms with Gasteiger partial charge in [-0.05, 0) is 79.1 Å². The Morgan fingerprint density at radius 2 is 1.74 bits per heavy atom. The number of imidazole rings is 1. The van der Waals surface area contributed by atoms with Gasteiger partial charge in [-0.1, -0.05) is 37.3 Å². The Morgan fingerprint density at radius 1 is 1.03 bits per heavy atom. The number of benzene rings is 2. The second-order valence-corrected chi connectivity index (χ2v) is 9.36. The number of aryl methyl sites for hydroxylation is 2. The van der Waals surface area contributed by atoms with Crippen LogP contribution in [-0.4, -0.2) is 28.4 Å². The van der Waals surface area contributed by atoms with Gasteiger partial charge in [-0.15, -0.1) is 0 Å². The van der Waals surface area contributed by atoms with E-state index in [0.29, 0.717) is 24.6 Å². The first kappa shape index (κ1) is 23.1. The maximum absolute atomic E-state index is 13.2. The van der Waals surface area contributed by atoms with Crippen molar-refractivity contribution in [1.29, 1.82) is 0 Å². The lowest BCUT2D eigenvalue weighted by atomic mass is 9.89. The topological polar surface area (TPSA) is 49.6 Å². The average Bonchev–Trinajstić information content (AvgIpc) is 3.26. The highest BCUT2D eigenvalue weighted by Gasteiger charge is 2.21. The van der Waals surface area contributed by atoms with Crippen molar-refractivity contribution in [2.45, 2.75) is 45.6 Å². The van der Waals surface area contributed by atoms with Crippen molar-refractivity contribution in [3.63, 3.8) is 0 Å². The van der Waals surface area contributed by atoms with Gasteiger partial charge in [0.2, 0.25) is 0 Å². The molecule has 0 radical (unpaired) electrons. The molecule has 2 aromatic carbocycles. The van der Waals surface area contributed by atoms with Crippen LogP contribution in [0.2, 0.25) is 0 Å². The second kappa shape index (κ2) is 9.90. The number of rotatable bonds is 6. The zero-order chi connectivity index (χ0) is 24.4. The molecule has 0 aliphatic carbocycles. The molecule has 1 aliphatic heterocycles. The molecule has 3 heterocycles. The SMILES string of the molecule is CCc1nc2ccc(C)cn2c1C(=O)NCc1ccc(N2CCC(c3ccc(F)cc3)CC2)cc1. The van der Waals surface area contributed by atoms with Crippen LogP contribution in [0.1, 0.15) is 58.6 Å². The zero-order valence-electron chi connectivity index (χ0n) is 20.3. The van der Waals surface area contributed by atoms with Crippen molar-refractivity contribution in [2.75, 3.05) is 18.0 Å². The first-order valence-electron chi connectivity index (χ1n) is 12.4. The Hall–Kier alpha value is -3.67. The van der Waals surface area contributed by atoms with Gasteiger partial charge >= 0.3 is 0 Å². The fourth-order valence-electron chi connectivity index (χ4n) is 4.98. The molecule has 1 fully saturated rings. The molecule has 1 aliphatic rings. The molecule has 1 N–H and O–H groups in total. The second-order valence-electron chi connectivity index (χ2n) is 9.36. The van der Waals surface area contributed by atoms with E-state index in [4.69, 9.17) is 0 Å². The van der Waals surface area contributed by atoms with Gasteiger partial charge in [-0.3, -0.25) is 9.20 Å². The number of nitrogens with one attached hydrogen (secondary N) is 1. The van der Waals surface area contributed by atoms with Gasteiger partial charge < -0.3 is 10.2 Å². The largest absolute Gasteiger partial charge is 0.371 e. The molecule has 5 rings (SSSR count). The summed E-state index contributed by atoms with van der Waals surface area (Å²) in [7, 11) is 0. The van der Waals surface area contributed by atoms with Crippen molar-refractivity contribution < 1.29 is 9.18 Å². The number of nitrogens with zero attached hydrogens (tertiary/aromatic N) is 3. The van der Waals surface area contributed by atoms with E-state index in [9.17, 15) is 9.18 Å². The third-order valence-electron chi connectivity index (χ3n) is 6.98. The van der Waals surface area contributed by atoms with Gasteiger partial charge in [0, 0.05) is 31.5 Å². The number of pyridine rings is 1. The van der Waals surface area contributed by atoms with E-state index in [1.165, 1.54) is 11.3 Å². The van der Waals surface area contributed by atoms with Crippen LogP contribution in [0.15, 0.2) is 66.9 Å². The van der Waals surface area contributed by atoms with E-state index in [-0.39, 0.29) is 11.7 Å². The van der Waals surface area contributed by atoms with Crippen molar-refractivity contribution in [2.24, 2.45) is 0 Å². The van der Waals surface area contributed by atoms with Gasteiger partial charge in [0.25, 0.3) is 5.91 Å². The summed E-state index contributed by atoms with van der Waals surface area (Å²) in [5, 5.41) is 3.07. The molecule has 4 aromatic rings. The van der Waals surface area contributed by atoms with Crippen molar-refractivity contribution in [1.82, 2.24) is 14.7 Å².